The van der Waals surface area contributed by atoms with Gasteiger partial charge in [-0.3, -0.25) is 0 Å². The van der Waals surface area contributed by atoms with E-state index >= 15 is 0 Å². The fourth-order valence-corrected chi connectivity index (χ4v) is 3.13. The number of para-hydroxylation sites is 2. The van der Waals surface area contributed by atoms with Gasteiger partial charge < -0.3 is 9.69 Å². The molecule has 2 heteroatoms. The molecule has 0 aromatic heterocycles. The first-order valence-corrected chi connectivity index (χ1v) is 7.09. The van der Waals surface area contributed by atoms with E-state index < -0.39 is 0 Å². The van der Waals surface area contributed by atoms with Crippen LogP contribution >= 0.6 is 0 Å². The molecule has 0 saturated carbocycles. The highest BCUT2D eigenvalue weighted by molar-refractivity contribution is 5.78. The van der Waals surface area contributed by atoms with Gasteiger partial charge in [0.1, 0.15) is 5.78 Å². The number of carbonyl (C=O) groups excluding carboxylic acids is 1. The highest BCUT2D eigenvalue weighted by Gasteiger charge is 2.27. The van der Waals surface area contributed by atoms with Crippen LogP contribution in [0, 0.1) is 0 Å². The number of benzene rings is 2. The molecule has 0 bridgehead atoms. The molecule has 3 rings (SSSR count). The highest BCUT2D eigenvalue weighted by Crippen LogP contribution is 2.46. The molecular formula is C18H19NO. The van der Waals surface area contributed by atoms with Crippen LogP contribution in [-0.2, 0) is 4.79 Å². The second kappa shape index (κ2) is 5.12. The number of ketones is 1. The summed E-state index contributed by atoms with van der Waals surface area (Å²) in [6.45, 7) is 1.67. The predicted octanol–water partition coefficient (Wildman–Crippen LogP) is 4.27. The maximum Gasteiger partial charge on any atom is 0.129 e. The van der Waals surface area contributed by atoms with Gasteiger partial charge in [0.15, 0.2) is 0 Å². The van der Waals surface area contributed by atoms with E-state index in [0.717, 1.165) is 6.42 Å². The summed E-state index contributed by atoms with van der Waals surface area (Å²) in [7, 11) is 2.11. The van der Waals surface area contributed by atoms with Crippen molar-refractivity contribution in [1.82, 2.24) is 0 Å². The summed E-state index contributed by atoms with van der Waals surface area (Å²) in [4.78, 5) is 13.6. The Morgan fingerprint density at radius 1 is 1.00 bits per heavy atom. The first kappa shape index (κ1) is 12.9. The minimum Gasteiger partial charge on any atom is -0.344 e. The Morgan fingerprint density at radius 2 is 1.50 bits per heavy atom. The van der Waals surface area contributed by atoms with Gasteiger partial charge in [-0.2, -0.15) is 0 Å². The van der Waals surface area contributed by atoms with Crippen LogP contribution < -0.4 is 4.90 Å². The molecule has 20 heavy (non-hydrogen) atoms. The van der Waals surface area contributed by atoms with Crippen molar-refractivity contribution in [3.05, 3.63) is 59.7 Å². The fourth-order valence-electron chi connectivity index (χ4n) is 3.13. The van der Waals surface area contributed by atoms with Crippen LogP contribution in [0.3, 0.4) is 0 Å². The third-order valence-corrected chi connectivity index (χ3v) is 4.13. The summed E-state index contributed by atoms with van der Waals surface area (Å²) in [6, 6.07) is 17.0. The van der Waals surface area contributed by atoms with Crippen LogP contribution in [0.5, 0.6) is 0 Å². The van der Waals surface area contributed by atoms with E-state index in [1.807, 2.05) is 0 Å². The first-order chi connectivity index (χ1) is 9.68. The van der Waals surface area contributed by atoms with Crippen molar-refractivity contribution in [1.29, 1.82) is 0 Å². The zero-order valence-corrected chi connectivity index (χ0v) is 12.0. The second-order valence-electron chi connectivity index (χ2n) is 5.47. The maximum atomic E-state index is 11.4. The molecule has 0 unspecified atom stereocenters. The summed E-state index contributed by atoms with van der Waals surface area (Å²) in [5.74, 6) is 0.585. The van der Waals surface area contributed by atoms with Crippen LogP contribution in [0.2, 0.25) is 0 Å². The van der Waals surface area contributed by atoms with E-state index in [4.69, 9.17) is 0 Å². The predicted molar refractivity (Wildman–Crippen MR) is 82.7 cm³/mol. The van der Waals surface area contributed by atoms with Gasteiger partial charge in [-0.25, -0.2) is 0 Å². The first-order valence-electron chi connectivity index (χ1n) is 7.09. The van der Waals surface area contributed by atoms with E-state index in [2.05, 4.69) is 60.5 Å². The Hall–Kier alpha value is -2.09. The van der Waals surface area contributed by atoms with E-state index in [0.29, 0.717) is 12.3 Å². The van der Waals surface area contributed by atoms with Crippen molar-refractivity contribution in [2.45, 2.75) is 25.7 Å². The average molecular weight is 265 g/mol. The van der Waals surface area contributed by atoms with Gasteiger partial charge in [-0.1, -0.05) is 36.4 Å². The second-order valence-corrected chi connectivity index (χ2v) is 5.47. The molecule has 2 nitrogen and oxygen atoms in total. The third kappa shape index (κ3) is 2.11. The zero-order chi connectivity index (χ0) is 14.1. The molecule has 0 radical (unpaired) electrons. The standard InChI is InChI=1S/C18H19NO/c1-13(20)11-12-14-15-7-3-5-9-17(15)19(2)18-10-6-4-8-16(14)18/h3-10,14H,11-12H2,1-2H3. The van der Waals surface area contributed by atoms with Crippen molar-refractivity contribution < 1.29 is 4.79 Å². The van der Waals surface area contributed by atoms with Crippen LogP contribution in [0.1, 0.15) is 36.8 Å². The lowest BCUT2D eigenvalue weighted by Gasteiger charge is -2.35. The Morgan fingerprint density at radius 3 is 2.00 bits per heavy atom. The largest absolute Gasteiger partial charge is 0.344 e. The molecule has 1 aliphatic heterocycles. The highest BCUT2D eigenvalue weighted by atomic mass is 16.1. The van der Waals surface area contributed by atoms with Gasteiger partial charge in [0.2, 0.25) is 0 Å². The number of anilines is 2. The van der Waals surface area contributed by atoms with E-state index in [-0.39, 0.29) is 5.78 Å². The molecule has 0 fully saturated rings. The van der Waals surface area contributed by atoms with Gasteiger partial charge in [0.05, 0.1) is 0 Å². The quantitative estimate of drug-likeness (QED) is 0.826. The van der Waals surface area contributed by atoms with E-state index in [1.54, 1.807) is 6.92 Å². The smallest absolute Gasteiger partial charge is 0.129 e. The molecule has 2 aromatic carbocycles. The van der Waals surface area contributed by atoms with Crippen LogP contribution in [0.4, 0.5) is 11.4 Å². The monoisotopic (exact) mass is 265 g/mol. The number of Topliss-reactive ketones (excluding diaryl/α,β-unsaturated/α-hetero) is 1. The molecule has 0 atom stereocenters. The molecular weight excluding hydrogens is 246 g/mol. The van der Waals surface area contributed by atoms with Crippen LogP contribution in [0.15, 0.2) is 48.5 Å². The summed E-state index contributed by atoms with van der Waals surface area (Å²) < 4.78 is 0. The lowest BCUT2D eigenvalue weighted by Crippen LogP contribution is -2.21. The molecule has 102 valence electrons. The third-order valence-electron chi connectivity index (χ3n) is 4.13. The van der Waals surface area contributed by atoms with Gasteiger partial charge in [0, 0.05) is 30.8 Å². The number of hydrogen-bond donors (Lipinski definition) is 0. The van der Waals surface area contributed by atoms with Crippen molar-refractivity contribution >= 4 is 17.2 Å². The van der Waals surface area contributed by atoms with Crippen molar-refractivity contribution in [2.75, 3.05) is 11.9 Å². The average Bonchev–Trinajstić information content (AvgIpc) is 2.47. The molecule has 1 aliphatic rings. The van der Waals surface area contributed by atoms with Gasteiger partial charge in [0.25, 0.3) is 0 Å². The van der Waals surface area contributed by atoms with E-state index in [9.17, 15) is 4.79 Å². The normalized spacial score (nSPS) is 13.8. The molecule has 0 N–H and O–H groups in total. The summed E-state index contributed by atoms with van der Waals surface area (Å²) in [5.41, 5.74) is 5.16. The summed E-state index contributed by atoms with van der Waals surface area (Å²) >= 11 is 0. The summed E-state index contributed by atoms with van der Waals surface area (Å²) in [6.07, 6.45) is 1.52. The molecule has 0 aliphatic carbocycles. The molecule has 0 saturated heterocycles. The van der Waals surface area contributed by atoms with Crippen molar-refractivity contribution in [3.8, 4) is 0 Å². The Bertz CT molecular complexity index is 600. The minimum absolute atomic E-state index is 0.263. The molecule has 0 spiro atoms. The SMILES string of the molecule is CC(=O)CCC1c2ccccc2N(C)c2ccccc21. The Balaban J connectivity index is 2.09. The molecule has 1 heterocycles. The number of carbonyl (C=O) groups is 1. The van der Waals surface area contributed by atoms with Crippen LogP contribution in [0.25, 0.3) is 0 Å². The van der Waals surface area contributed by atoms with Gasteiger partial charge >= 0.3 is 0 Å². The molecule has 2 aromatic rings. The minimum atomic E-state index is 0.263. The maximum absolute atomic E-state index is 11.4. The number of nitrogens with zero attached hydrogens (tertiary/aromatic N) is 1. The van der Waals surface area contributed by atoms with Crippen molar-refractivity contribution in [3.63, 3.8) is 0 Å². The Kier molecular flexibility index (Phi) is 3.31. The van der Waals surface area contributed by atoms with Crippen molar-refractivity contribution in [2.24, 2.45) is 0 Å². The van der Waals surface area contributed by atoms with E-state index in [1.165, 1.54) is 22.5 Å². The molecule has 0 amide bonds. The lowest BCUT2D eigenvalue weighted by molar-refractivity contribution is -0.117. The Labute approximate surface area is 120 Å². The number of fused-ring (bicyclic) bond motifs is 2. The topological polar surface area (TPSA) is 20.3 Å². The van der Waals surface area contributed by atoms with Gasteiger partial charge in [-0.05, 0) is 36.6 Å². The van der Waals surface area contributed by atoms with Crippen LogP contribution in [-0.4, -0.2) is 12.8 Å². The summed E-state index contributed by atoms with van der Waals surface area (Å²) in [5, 5.41) is 0. The fraction of sp³-hybridized carbons (Fsp3) is 0.278. The zero-order valence-electron chi connectivity index (χ0n) is 12.0. The van der Waals surface area contributed by atoms with Gasteiger partial charge in [-0.15, -0.1) is 0 Å². The lowest BCUT2D eigenvalue weighted by atomic mass is 9.82. The number of hydrogen-bond acceptors (Lipinski definition) is 2. The number of rotatable bonds is 3.